The van der Waals surface area contributed by atoms with Gasteiger partial charge in [-0.2, -0.15) is 4.39 Å². The van der Waals surface area contributed by atoms with E-state index in [1.54, 1.807) is 13.0 Å². The monoisotopic (exact) mass is 162 g/mol. The standard InChI is InChI=1S/C9H7FN2/c1-6-7-4-2-3-5-8(7)12-9(10)11-6/h2-5H,1H3. The third kappa shape index (κ3) is 1.03. The zero-order chi connectivity index (χ0) is 8.55. The van der Waals surface area contributed by atoms with Gasteiger partial charge in [-0.05, 0) is 13.0 Å². The van der Waals surface area contributed by atoms with Crippen molar-refractivity contribution in [1.82, 2.24) is 9.97 Å². The van der Waals surface area contributed by atoms with Gasteiger partial charge in [0, 0.05) is 5.39 Å². The van der Waals surface area contributed by atoms with Gasteiger partial charge >= 0.3 is 6.08 Å². The lowest BCUT2D eigenvalue weighted by Gasteiger charge is -1.98. The van der Waals surface area contributed by atoms with Crippen LogP contribution in [0.2, 0.25) is 0 Å². The van der Waals surface area contributed by atoms with Crippen LogP contribution in [0.1, 0.15) is 5.69 Å². The Morgan fingerprint density at radius 3 is 2.75 bits per heavy atom. The smallest absolute Gasteiger partial charge is 0.207 e. The highest BCUT2D eigenvalue weighted by atomic mass is 19.1. The maximum absolute atomic E-state index is 12.7. The molecule has 0 amide bonds. The third-order valence-corrected chi connectivity index (χ3v) is 1.77. The highest BCUT2D eigenvalue weighted by Gasteiger charge is 2.01. The summed E-state index contributed by atoms with van der Waals surface area (Å²) in [4.78, 5) is 7.28. The van der Waals surface area contributed by atoms with E-state index in [0.717, 1.165) is 5.39 Å². The van der Waals surface area contributed by atoms with Crippen molar-refractivity contribution >= 4 is 10.9 Å². The minimum Gasteiger partial charge on any atom is -0.207 e. The summed E-state index contributed by atoms with van der Waals surface area (Å²) in [7, 11) is 0. The fraction of sp³-hybridized carbons (Fsp3) is 0.111. The first-order valence-electron chi connectivity index (χ1n) is 3.66. The average Bonchev–Trinajstić information content (AvgIpc) is 2.04. The van der Waals surface area contributed by atoms with Crippen LogP contribution in [0.25, 0.3) is 10.9 Å². The first-order chi connectivity index (χ1) is 5.77. The van der Waals surface area contributed by atoms with Gasteiger partial charge in [-0.15, -0.1) is 0 Å². The maximum Gasteiger partial charge on any atom is 0.309 e. The van der Waals surface area contributed by atoms with Gasteiger partial charge < -0.3 is 0 Å². The number of para-hydroxylation sites is 1. The molecular weight excluding hydrogens is 155 g/mol. The lowest BCUT2D eigenvalue weighted by Crippen LogP contribution is -1.93. The predicted molar refractivity (Wildman–Crippen MR) is 44.2 cm³/mol. The van der Waals surface area contributed by atoms with E-state index in [-0.39, 0.29) is 0 Å². The minimum absolute atomic E-state index is 0.655. The average molecular weight is 162 g/mol. The molecule has 0 unspecified atom stereocenters. The van der Waals surface area contributed by atoms with E-state index >= 15 is 0 Å². The van der Waals surface area contributed by atoms with Crippen LogP contribution < -0.4 is 0 Å². The van der Waals surface area contributed by atoms with Crippen LogP contribution in [-0.2, 0) is 0 Å². The summed E-state index contributed by atoms with van der Waals surface area (Å²) < 4.78 is 12.7. The van der Waals surface area contributed by atoms with Crippen molar-refractivity contribution in [2.24, 2.45) is 0 Å². The number of rotatable bonds is 0. The molecule has 0 aliphatic rings. The second-order valence-electron chi connectivity index (χ2n) is 2.60. The normalized spacial score (nSPS) is 10.5. The Bertz CT molecular complexity index is 426. The Balaban J connectivity index is 2.89. The number of fused-ring (bicyclic) bond motifs is 1. The molecule has 0 spiro atoms. The molecule has 1 aromatic heterocycles. The molecule has 0 fully saturated rings. The topological polar surface area (TPSA) is 25.8 Å². The summed E-state index contributed by atoms with van der Waals surface area (Å²) >= 11 is 0. The molecule has 1 heterocycles. The van der Waals surface area contributed by atoms with Gasteiger partial charge in [-0.25, -0.2) is 9.97 Å². The molecule has 0 bridgehead atoms. The van der Waals surface area contributed by atoms with E-state index in [9.17, 15) is 4.39 Å². The lowest BCUT2D eigenvalue weighted by atomic mass is 10.2. The van der Waals surface area contributed by atoms with Crippen LogP contribution in [0.15, 0.2) is 24.3 Å². The van der Waals surface area contributed by atoms with Crippen LogP contribution >= 0.6 is 0 Å². The molecule has 0 N–H and O–H groups in total. The molecule has 0 aliphatic heterocycles. The van der Waals surface area contributed by atoms with Gasteiger partial charge in [0.1, 0.15) is 0 Å². The quantitative estimate of drug-likeness (QED) is 0.554. The largest absolute Gasteiger partial charge is 0.309 e. The van der Waals surface area contributed by atoms with Crippen LogP contribution in [0.4, 0.5) is 4.39 Å². The number of hydrogen-bond donors (Lipinski definition) is 0. The van der Waals surface area contributed by atoms with Crippen LogP contribution in [-0.4, -0.2) is 9.97 Å². The summed E-state index contributed by atoms with van der Waals surface area (Å²) in [6, 6.07) is 7.36. The zero-order valence-electron chi connectivity index (χ0n) is 6.58. The van der Waals surface area contributed by atoms with Gasteiger partial charge in [0.2, 0.25) is 0 Å². The first-order valence-corrected chi connectivity index (χ1v) is 3.66. The maximum atomic E-state index is 12.7. The molecular formula is C9H7FN2. The molecule has 12 heavy (non-hydrogen) atoms. The van der Waals surface area contributed by atoms with E-state index < -0.39 is 6.08 Å². The number of hydrogen-bond acceptors (Lipinski definition) is 2. The Hall–Kier alpha value is -1.51. The van der Waals surface area contributed by atoms with Gasteiger partial charge in [0.05, 0.1) is 11.2 Å². The first kappa shape index (κ1) is 7.16. The van der Waals surface area contributed by atoms with Crippen molar-refractivity contribution in [3.8, 4) is 0 Å². The van der Waals surface area contributed by atoms with E-state index in [1.165, 1.54) is 0 Å². The summed E-state index contributed by atoms with van der Waals surface area (Å²) in [6.45, 7) is 1.77. The minimum atomic E-state index is -0.661. The molecule has 3 heteroatoms. The van der Waals surface area contributed by atoms with Crippen molar-refractivity contribution in [2.45, 2.75) is 6.92 Å². The summed E-state index contributed by atoms with van der Waals surface area (Å²) in [5, 5.41) is 0.902. The van der Waals surface area contributed by atoms with Gasteiger partial charge in [-0.1, -0.05) is 18.2 Å². The summed E-state index contributed by atoms with van der Waals surface area (Å²) in [5.74, 6) is 0. The van der Waals surface area contributed by atoms with E-state index in [0.29, 0.717) is 11.2 Å². The molecule has 1 aromatic carbocycles. The van der Waals surface area contributed by atoms with Crippen molar-refractivity contribution in [2.75, 3.05) is 0 Å². The van der Waals surface area contributed by atoms with Crippen LogP contribution in [0.3, 0.4) is 0 Å². The predicted octanol–water partition coefficient (Wildman–Crippen LogP) is 2.08. The second-order valence-corrected chi connectivity index (χ2v) is 2.60. The lowest BCUT2D eigenvalue weighted by molar-refractivity contribution is 0.541. The molecule has 2 aromatic rings. The Morgan fingerprint density at radius 1 is 1.17 bits per heavy atom. The molecule has 2 nitrogen and oxygen atoms in total. The van der Waals surface area contributed by atoms with E-state index in [1.807, 2.05) is 18.2 Å². The molecule has 2 rings (SSSR count). The van der Waals surface area contributed by atoms with Crippen LogP contribution in [0, 0.1) is 13.0 Å². The summed E-state index contributed by atoms with van der Waals surface area (Å²) in [5.41, 5.74) is 1.33. The second kappa shape index (κ2) is 2.52. The van der Waals surface area contributed by atoms with Crippen molar-refractivity contribution < 1.29 is 4.39 Å². The van der Waals surface area contributed by atoms with E-state index in [2.05, 4.69) is 9.97 Å². The highest BCUT2D eigenvalue weighted by Crippen LogP contribution is 2.13. The van der Waals surface area contributed by atoms with Crippen molar-refractivity contribution in [3.63, 3.8) is 0 Å². The fourth-order valence-corrected chi connectivity index (χ4v) is 1.20. The van der Waals surface area contributed by atoms with Gasteiger partial charge in [0.25, 0.3) is 0 Å². The number of nitrogens with zero attached hydrogens (tertiary/aromatic N) is 2. The number of aromatic nitrogens is 2. The van der Waals surface area contributed by atoms with E-state index in [4.69, 9.17) is 0 Å². The third-order valence-electron chi connectivity index (χ3n) is 1.77. The fourth-order valence-electron chi connectivity index (χ4n) is 1.20. The molecule has 0 aliphatic carbocycles. The zero-order valence-corrected chi connectivity index (χ0v) is 6.58. The molecule has 0 radical (unpaired) electrons. The number of benzene rings is 1. The van der Waals surface area contributed by atoms with Crippen molar-refractivity contribution in [3.05, 3.63) is 36.0 Å². The van der Waals surface area contributed by atoms with Gasteiger partial charge in [-0.3, -0.25) is 0 Å². The summed E-state index contributed by atoms with van der Waals surface area (Å²) in [6.07, 6.45) is -0.661. The molecule has 60 valence electrons. The number of halogens is 1. The Kier molecular flexibility index (Phi) is 1.50. The molecule has 0 saturated carbocycles. The highest BCUT2D eigenvalue weighted by molar-refractivity contribution is 5.80. The van der Waals surface area contributed by atoms with Crippen molar-refractivity contribution in [1.29, 1.82) is 0 Å². The number of aryl methyl sites for hydroxylation is 1. The van der Waals surface area contributed by atoms with Crippen LogP contribution in [0.5, 0.6) is 0 Å². The SMILES string of the molecule is Cc1nc(F)nc2ccccc12. The Morgan fingerprint density at radius 2 is 1.92 bits per heavy atom. The van der Waals surface area contributed by atoms with Gasteiger partial charge in [0.15, 0.2) is 0 Å². The molecule has 0 atom stereocenters. The Labute approximate surface area is 69.1 Å². The molecule has 0 saturated heterocycles.